The lowest BCUT2D eigenvalue weighted by molar-refractivity contribution is 0.0732. The van der Waals surface area contributed by atoms with Gasteiger partial charge in [0.1, 0.15) is 0 Å². The van der Waals surface area contributed by atoms with Gasteiger partial charge in [0.05, 0.1) is 5.60 Å². The minimum absolute atomic E-state index is 0.388. The molecule has 1 aliphatic rings. The quantitative estimate of drug-likeness (QED) is 0.770. The number of hydrogen-bond acceptors (Lipinski definition) is 2. The summed E-state index contributed by atoms with van der Waals surface area (Å²) in [7, 11) is 0. The summed E-state index contributed by atoms with van der Waals surface area (Å²) in [5.41, 5.74) is -0.388. The Labute approximate surface area is 89.5 Å². The van der Waals surface area contributed by atoms with E-state index in [2.05, 4.69) is 12.1 Å². The summed E-state index contributed by atoms with van der Waals surface area (Å²) in [6, 6.07) is 10.3. The highest BCUT2D eigenvalue weighted by Crippen LogP contribution is 2.34. The molecule has 0 amide bonds. The van der Waals surface area contributed by atoms with Gasteiger partial charge in [0.25, 0.3) is 0 Å². The Morgan fingerprint density at radius 2 is 1.79 bits per heavy atom. The van der Waals surface area contributed by atoms with Crippen LogP contribution < -0.4 is 0 Å². The van der Waals surface area contributed by atoms with E-state index >= 15 is 0 Å². The Balaban J connectivity index is 1.88. The highest BCUT2D eigenvalue weighted by atomic mass is 32.2. The number of aliphatic hydroxyl groups is 1. The summed E-state index contributed by atoms with van der Waals surface area (Å²) in [6.07, 6.45) is 4.33. The van der Waals surface area contributed by atoms with Gasteiger partial charge in [-0.15, -0.1) is 11.8 Å². The SMILES string of the molecule is OC1(CSc2ccccc2)CCCC1. The van der Waals surface area contributed by atoms with Gasteiger partial charge >= 0.3 is 0 Å². The molecule has 0 atom stereocenters. The van der Waals surface area contributed by atoms with Crippen LogP contribution in [0.2, 0.25) is 0 Å². The molecule has 0 saturated heterocycles. The molecule has 2 heteroatoms. The first-order chi connectivity index (χ1) is 6.79. The maximum Gasteiger partial charge on any atom is 0.0741 e. The van der Waals surface area contributed by atoms with Crippen LogP contribution in [-0.2, 0) is 0 Å². The van der Waals surface area contributed by atoms with Gasteiger partial charge in [0.15, 0.2) is 0 Å². The largest absolute Gasteiger partial charge is 0.389 e. The van der Waals surface area contributed by atoms with E-state index in [4.69, 9.17) is 0 Å². The van der Waals surface area contributed by atoms with Crippen molar-refractivity contribution in [2.24, 2.45) is 0 Å². The van der Waals surface area contributed by atoms with E-state index in [1.807, 2.05) is 18.2 Å². The molecule has 0 spiro atoms. The third kappa shape index (κ3) is 2.52. The molecule has 0 unspecified atom stereocenters. The average Bonchev–Trinajstić information content (AvgIpc) is 2.65. The highest BCUT2D eigenvalue weighted by molar-refractivity contribution is 7.99. The summed E-state index contributed by atoms with van der Waals surface area (Å²) < 4.78 is 0. The van der Waals surface area contributed by atoms with Crippen LogP contribution in [0.4, 0.5) is 0 Å². The summed E-state index contributed by atoms with van der Waals surface area (Å²) in [5.74, 6) is 0.844. The molecule has 14 heavy (non-hydrogen) atoms. The summed E-state index contributed by atoms with van der Waals surface area (Å²) in [4.78, 5) is 1.26. The van der Waals surface area contributed by atoms with E-state index in [-0.39, 0.29) is 5.60 Å². The van der Waals surface area contributed by atoms with E-state index in [1.54, 1.807) is 11.8 Å². The minimum atomic E-state index is -0.388. The summed E-state index contributed by atoms with van der Waals surface area (Å²) >= 11 is 1.77. The van der Waals surface area contributed by atoms with Crippen LogP contribution in [0, 0.1) is 0 Å². The molecular formula is C12H16OS. The molecule has 1 saturated carbocycles. The number of benzene rings is 1. The van der Waals surface area contributed by atoms with Crippen molar-refractivity contribution < 1.29 is 5.11 Å². The Morgan fingerprint density at radius 3 is 2.43 bits per heavy atom. The van der Waals surface area contributed by atoms with Crippen molar-refractivity contribution in [2.75, 3.05) is 5.75 Å². The van der Waals surface area contributed by atoms with Gasteiger partial charge < -0.3 is 5.11 Å². The second-order valence-corrected chi connectivity index (χ2v) is 5.08. The lowest BCUT2D eigenvalue weighted by atomic mass is 10.1. The van der Waals surface area contributed by atoms with E-state index < -0.39 is 0 Å². The van der Waals surface area contributed by atoms with Crippen LogP contribution in [0.3, 0.4) is 0 Å². The van der Waals surface area contributed by atoms with Gasteiger partial charge in [-0.2, -0.15) is 0 Å². The molecule has 1 fully saturated rings. The molecule has 76 valence electrons. The maximum absolute atomic E-state index is 10.1. The van der Waals surface area contributed by atoms with Crippen LogP contribution in [0.1, 0.15) is 25.7 Å². The first-order valence-corrected chi connectivity index (χ1v) is 6.17. The molecule has 1 N–H and O–H groups in total. The van der Waals surface area contributed by atoms with Gasteiger partial charge in [-0.1, -0.05) is 31.0 Å². The molecule has 0 radical (unpaired) electrons. The zero-order valence-corrected chi connectivity index (χ0v) is 9.09. The highest BCUT2D eigenvalue weighted by Gasteiger charge is 2.30. The normalized spacial score (nSPS) is 19.8. The fourth-order valence-corrected chi connectivity index (χ4v) is 2.99. The first kappa shape index (κ1) is 10.1. The Hall–Kier alpha value is -0.470. The fraction of sp³-hybridized carbons (Fsp3) is 0.500. The van der Waals surface area contributed by atoms with Crippen LogP contribution in [0.25, 0.3) is 0 Å². The Bertz CT molecular complexity index is 278. The predicted octanol–water partition coefficient (Wildman–Crippen LogP) is 3.08. The van der Waals surface area contributed by atoms with Crippen LogP contribution in [0.15, 0.2) is 35.2 Å². The van der Waals surface area contributed by atoms with Crippen molar-refractivity contribution >= 4 is 11.8 Å². The fourth-order valence-electron chi connectivity index (χ4n) is 1.91. The van der Waals surface area contributed by atoms with Gasteiger partial charge in [0, 0.05) is 10.6 Å². The number of thioether (sulfide) groups is 1. The zero-order chi connectivity index (χ0) is 9.86. The average molecular weight is 208 g/mol. The van der Waals surface area contributed by atoms with Crippen molar-refractivity contribution in [3.63, 3.8) is 0 Å². The van der Waals surface area contributed by atoms with Gasteiger partial charge in [0.2, 0.25) is 0 Å². The molecule has 0 aromatic heterocycles. The van der Waals surface area contributed by atoms with Crippen LogP contribution in [0.5, 0.6) is 0 Å². The lowest BCUT2D eigenvalue weighted by Crippen LogP contribution is -2.26. The van der Waals surface area contributed by atoms with Crippen molar-refractivity contribution in [3.05, 3.63) is 30.3 Å². The molecular weight excluding hydrogens is 192 g/mol. The van der Waals surface area contributed by atoms with E-state index in [9.17, 15) is 5.11 Å². The summed E-state index contributed by atoms with van der Waals surface area (Å²) in [6.45, 7) is 0. The zero-order valence-electron chi connectivity index (χ0n) is 8.28. The summed E-state index contributed by atoms with van der Waals surface area (Å²) in [5, 5.41) is 10.1. The molecule has 1 aromatic carbocycles. The van der Waals surface area contributed by atoms with Crippen LogP contribution in [-0.4, -0.2) is 16.5 Å². The molecule has 0 bridgehead atoms. The molecule has 1 aliphatic carbocycles. The monoisotopic (exact) mass is 208 g/mol. The van der Waals surface area contributed by atoms with E-state index in [0.29, 0.717) is 0 Å². The third-order valence-corrected chi connectivity index (χ3v) is 4.07. The second-order valence-electron chi connectivity index (χ2n) is 4.03. The van der Waals surface area contributed by atoms with Gasteiger partial charge in [-0.05, 0) is 25.0 Å². The molecule has 0 heterocycles. The van der Waals surface area contributed by atoms with Crippen molar-refractivity contribution in [3.8, 4) is 0 Å². The molecule has 0 aliphatic heterocycles. The topological polar surface area (TPSA) is 20.2 Å². The lowest BCUT2D eigenvalue weighted by Gasteiger charge is -2.21. The molecule has 2 rings (SSSR count). The number of hydrogen-bond donors (Lipinski definition) is 1. The van der Waals surface area contributed by atoms with E-state index in [0.717, 1.165) is 18.6 Å². The smallest absolute Gasteiger partial charge is 0.0741 e. The number of rotatable bonds is 3. The third-order valence-electron chi connectivity index (χ3n) is 2.78. The first-order valence-electron chi connectivity index (χ1n) is 5.19. The van der Waals surface area contributed by atoms with Crippen molar-refractivity contribution in [1.82, 2.24) is 0 Å². The molecule has 1 nitrogen and oxygen atoms in total. The van der Waals surface area contributed by atoms with E-state index in [1.165, 1.54) is 17.7 Å². The van der Waals surface area contributed by atoms with Gasteiger partial charge in [-0.25, -0.2) is 0 Å². The molecule has 1 aromatic rings. The van der Waals surface area contributed by atoms with Crippen molar-refractivity contribution in [1.29, 1.82) is 0 Å². The van der Waals surface area contributed by atoms with Gasteiger partial charge in [-0.3, -0.25) is 0 Å². The standard InChI is InChI=1S/C12H16OS/c13-12(8-4-5-9-12)10-14-11-6-2-1-3-7-11/h1-3,6-7,13H,4-5,8-10H2. The Kier molecular flexibility index (Phi) is 3.14. The predicted molar refractivity (Wildman–Crippen MR) is 60.6 cm³/mol. The maximum atomic E-state index is 10.1. The second kappa shape index (κ2) is 4.37. The van der Waals surface area contributed by atoms with Crippen LogP contribution >= 0.6 is 11.8 Å². The Morgan fingerprint density at radius 1 is 1.14 bits per heavy atom. The minimum Gasteiger partial charge on any atom is -0.389 e. The van der Waals surface area contributed by atoms with Crippen molar-refractivity contribution in [2.45, 2.75) is 36.2 Å².